The lowest BCUT2D eigenvalue weighted by Crippen LogP contribution is -2.63. The minimum absolute atomic E-state index is 0.0770. The molecule has 1 heterocycles. The first-order valence-corrected chi connectivity index (χ1v) is 9.22. The van der Waals surface area contributed by atoms with Gasteiger partial charge in [-0.15, -0.1) is 0 Å². The van der Waals surface area contributed by atoms with Crippen LogP contribution in [0.15, 0.2) is 30.3 Å². The molecule has 6 heteroatoms. The largest absolute Gasteiger partial charge is 0.338 e. The summed E-state index contributed by atoms with van der Waals surface area (Å²) in [5, 5.41) is 9.25. The van der Waals surface area contributed by atoms with E-state index in [4.69, 9.17) is 0 Å². The molecule has 136 valence electrons. The smallest absolute Gasteiger partial charge is 0.315 e. The van der Waals surface area contributed by atoms with Crippen LogP contribution in [0.3, 0.4) is 0 Å². The van der Waals surface area contributed by atoms with E-state index in [9.17, 15) is 9.59 Å². The van der Waals surface area contributed by atoms with Crippen LogP contribution in [0.4, 0.5) is 4.79 Å². The lowest BCUT2D eigenvalue weighted by atomic mass is 9.95. The number of urea groups is 1. The molecule has 2 fully saturated rings. The number of hydrogen-bond acceptors (Lipinski definition) is 3. The van der Waals surface area contributed by atoms with Crippen molar-refractivity contribution < 1.29 is 9.59 Å². The normalized spacial score (nSPS) is 22.4. The van der Waals surface area contributed by atoms with Crippen LogP contribution in [0.25, 0.3) is 0 Å². The van der Waals surface area contributed by atoms with Crippen molar-refractivity contribution >= 4 is 11.9 Å². The highest BCUT2D eigenvalue weighted by molar-refractivity contribution is 5.91. The molecular weight excluding hydrogens is 316 g/mol. The number of carbonyl (C=O) groups is 2. The summed E-state index contributed by atoms with van der Waals surface area (Å²) in [4.78, 5) is 27.5. The van der Waals surface area contributed by atoms with Crippen LogP contribution in [0.1, 0.15) is 38.2 Å². The Balaban J connectivity index is 1.61. The third-order valence-corrected chi connectivity index (χ3v) is 5.17. The first-order chi connectivity index (χ1) is 12.1. The fourth-order valence-corrected chi connectivity index (χ4v) is 3.83. The Morgan fingerprint density at radius 2 is 1.96 bits per heavy atom. The van der Waals surface area contributed by atoms with Gasteiger partial charge in [0.05, 0.1) is 0 Å². The molecule has 1 saturated carbocycles. The van der Waals surface area contributed by atoms with Gasteiger partial charge in [0.2, 0.25) is 5.91 Å². The second kappa shape index (κ2) is 7.87. The monoisotopic (exact) mass is 344 g/mol. The molecule has 1 aromatic rings. The van der Waals surface area contributed by atoms with E-state index in [0.717, 1.165) is 37.8 Å². The van der Waals surface area contributed by atoms with Crippen molar-refractivity contribution in [3.8, 4) is 0 Å². The zero-order valence-corrected chi connectivity index (χ0v) is 14.9. The van der Waals surface area contributed by atoms with Gasteiger partial charge in [-0.05, 0) is 25.3 Å². The van der Waals surface area contributed by atoms with E-state index in [1.807, 2.05) is 35.2 Å². The molecule has 1 aliphatic carbocycles. The highest BCUT2D eigenvalue weighted by atomic mass is 16.2. The molecule has 0 aromatic heterocycles. The van der Waals surface area contributed by atoms with E-state index in [1.165, 1.54) is 0 Å². The van der Waals surface area contributed by atoms with Crippen molar-refractivity contribution in [3.63, 3.8) is 0 Å². The van der Waals surface area contributed by atoms with Crippen LogP contribution in [-0.4, -0.2) is 48.1 Å². The third kappa shape index (κ3) is 4.31. The maximum absolute atomic E-state index is 13.1. The van der Waals surface area contributed by atoms with Crippen LogP contribution in [0, 0.1) is 0 Å². The maximum Gasteiger partial charge on any atom is 0.315 e. The number of benzene rings is 1. The van der Waals surface area contributed by atoms with E-state index >= 15 is 0 Å². The molecule has 3 rings (SSSR count). The Bertz CT molecular complexity index is 599. The van der Waals surface area contributed by atoms with Gasteiger partial charge in [0.1, 0.15) is 5.54 Å². The number of carbonyl (C=O) groups excluding carboxylic acids is 2. The molecule has 0 spiro atoms. The van der Waals surface area contributed by atoms with E-state index in [-0.39, 0.29) is 11.9 Å². The minimum atomic E-state index is -0.738. The first kappa shape index (κ1) is 17.7. The summed E-state index contributed by atoms with van der Waals surface area (Å²) in [6.45, 7) is 4.76. The van der Waals surface area contributed by atoms with Crippen molar-refractivity contribution in [1.82, 2.24) is 20.9 Å². The van der Waals surface area contributed by atoms with Gasteiger partial charge in [-0.25, -0.2) is 4.79 Å². The standard InChI is InChI=1S/C19H28N4O2/c1-15-14-23(12-11-20-15)17(24)19(9-5-6-10-19)22-18(25)21-13-16-7-3-2-4-8-16/h2-4,7-8,15,20H,5-6,9-14H2,1H3,(H2,21,22,25). The number of rotatable bonds is 4. The molecular formula is C19H28N4O2. The van der Waals surface area contributed by atoms with E-state index in [0.29, 0.717) is 25.7 Å². The molecule has 1 aromatic carbocycles. The zero-order valence-electron chi connectivity index (χ0n) is 14.9. The number of nitrogens with zero attached hydrogens (tertiary/aromatic N) is 1. The Morgan fingerprint density at radius 1 is 1.24 bits per heavy atom. The van der Waals surface area contributed by atoms with E-state index < -0.39 is 5.54 Å². The van der Waals surface area contributed by atoms with Gasteiger partial charge < -0.3 is 20.9 Å². The molecule has 2 aliphatic rings. The summed E-state index contributed by atoms with van der Waals surface area (Å²) < 4.78 is 0. The van der Waals surface area contributed by atoms with E-state index in [1.54, 1.807) is 0 Å². The quantitative estimate of drug-likeness (QED) is 0.777. The predicted octanol–water partition coefficient (Wildman–Crippen LogP) is 1.62. The predicted molar refractivity (Wildman–Crippen MR) is 97.1 cm³/mol. The van der Waals surface area contributed by atoms with Gasteiger partial charge >= 0.3 is 6.03 Å². The molecule has 3 amide bonds. The molecule has 6 nitrogen and oxygen atoms in total. The number of amides is 3. The average Bonchev–Trinajstić information content (AvgIpc) is 3.10. The Kier molecular flexibility index (Phi) is 5.58. The van der Waals surface area contributed by atoms with Crippen LogP contribution in [0.5, 0.6) is 0 Å². The summed E-state index contributed by atoms with van der Waals surface area (Å²) in [5.74, 6) is 0.0770. The molecule has 1 atom stereocenters. The third-order valence-electron chi connectivity index (χ3n) is 5.17. The topological polar surface area (TPSA) is 73.5 Å². The lowest BCUT2D eigenvalue weighted by molar-refractivity contribution is -0.139. The zero-order chi connectivity index (χ0) is 17.7. The fourth-order valence-electron chi connectivity index (χ4n) is 3.83. The van der Waals surface area contributed by atoms with Gasteiger partial charge in [0, 0.05) is 32.2 Å². The van der Waals surface area contributed by atoms with Crippen molar-refractivity contribution in [2.75, 3.05) is 19.6 Å². The fraction of sp³-hybridized carbons (Fsp3) is 0.579. The molecule has 0 radical (unpaired) electrons. The summed E-state index contributed by atoms with van der Waals surface area (Å²) in [7, 11) is 0. The SMILES string of the molecule is CC1CN(C(=O)C2(NC(=O)NCc3ccccc3)CCCC2)CCN1. The van der Waals surface area contributed by atoms with Crippen molar-refractivity contribution in [2.24, 2.45) is 0 Å². The van der Waals surface area contributed by atoms with Crippen LogP contribution >= 0.6 is 0 Å². The maximum atomic E-state index is 13.1. The molecule has 1 unspecified atom stereocenters. The summed E-state index contributed by atoms with van der Waals surface area (Å²) in [6.07, 6.45) is 3.41. The Labute approximate surface area is 149 Å². The van der Waals surface area contributed by atoms with Gasteiger partial charge in [-0.1, -0.05) is 43.2 Å². The molecule has 0 bridgehead atoms. The molecule has 25 heavy (non-hydrogen) atoms. The van der Waals surface area contributed by atoms with Crippen molar-refractivity contribution in [2.45, 2.75) is 50.7 Å². The molecule has 1 aliphatic heterocycles. The Hall–Kier alpha value is -2.08. The second-order valence-corrected chi connectivity index (χ2v) is 7.19. The average molecular weight is 344 g/mol. The van der Waals surface area contributed by atoms with Gasteiger partial charge in [-0.3, -0.25) is 4.79 Å². The molecule has 1 saturated heterocycles. The second-order valence-electron chi connectivity index (χ2n) is 7.19. The van der Waals surface area contributed by atoms with Gasteiger partial charge in [-0.2, -0.15) is 0 Å². The lowest BCUT2D eigenvalue weighted by Gasteiger charge is -2.39. The van der Waals surface area contributed by atoms with Crippen LogP contribution in [0.2, 0.25) is 0 Å². The summed E-state index contributed by atoms with van der Waals surface area (Å²) >= 11 is 0. The van der Waals surface area contributed by atoms with Crippen molar-refractivity contribution in [1.29, 1.82) is 0 Å². The summed E-state index contributed by atoms with van der Waals surface area (Å²) in [5.41, 5.74) is 0.304. The number of piperazine rings is 1. The van der Waals surface area contributed by atoms with Crippen molar-refractivity contribution in [3.05, 3.63) is 35.9 Å². The minimum Gasteiger partial charge on any atom is -0.338 e. The van der Waals surface area contributed by atoms with E-state index in [2.05, 4.69) is 22.9 Å². The van der Waals surface area contributed by atoms with Gasteiger partial charge in [0.15, 0.2) is 0 Å². The number of nitrogens with one attached hydrogen (secondary N) is 3. The highest BCUT2D eigenvalue weighted by Crippen LogP contribution is 2.32. The van der Waals surface area contributed by atoms with Crippen LogP contribution in [-0.2, 0) is 11.3 Å². The molecule has 3 N–H and O–H groups in total. The van der Waals surface area contributed by atoms with Gasteiger partial charge in [0.25, 0.3) is 0 Å². The summed E-state index contributed by atoms with van der Waals surface area (Å²) in [6, 6.07) is 9.82. The number of hydrogen-bond donors (Lipinski definition) is 3. The first-order valence-electron chi connectivity index (χ1n) is 9.22. The highest BCUT2D eigenvalue weighted by Gasteiger charge is 2.45. The van der Waals surface area contributed by atoms with Crippen LogP contribution < -0.4 is 16.0 Å². The Morgan fingerprint density at radius 3 is 2.64 bits per heavy atom.